The summed E-state index contributed by atoms with van der Waals surface area (Å²) in [4.78, 5) is 37.6. The van der Waals surface area contributed by atoms with Crippen LogP contribution in [0.1, 0.15) is 135 Å². The summed E-state index contributed by atoms with van der Waals surface area (Å²) < 4.78 is 10.8. The highest BCUT2D eigenvalue weighted by molar-refractivity contribution is 5.85. The third-order valence-electron chi connectivity index (χ3n) is 7.10. The zero-order valence-electron chi connectivity index (χ0n) is 26.6. The second-order valence-electron chi connectivity index (χ2n) is 12.3. The predicted octanol–water partition coefficient (Wildman–Crippen LogP) is 6.55. The molecule has 0 saturated carbocycles. The van der Waals surface area contributed by atoms with Crippen molar-refractivity contribution in [2.24, 2.45) is 0 Å². The maximum atomic E-state index is 12.7. The Kier molecular flexibility index (Phi) is 17.9. The number of benzene rings is 1. The summed E-state index contributed by atoms with van der Waals surface area (Å²) >= 11 is 0. The molecule has 10 heteroatoms. The van der Waals surface area contributed by atoms with Crippen molar-refractivity contribution in [3.05, 3.63) is 41.7 Å². The van der Waals surface area contributed by atoms with Crippen molar-refractivity contribution in [1.29, 1.82) is 0 Å². The topological polar surface area (TPSA) is 136 Å². The van der Waals surface area contributed by atoms with Gasteiger partial charge in [0.05, 0.1) is 0 Å². The molecule has 0 aliphatic heterocycles. The van der Waals surface area contributed by atoms with Crippen molar-refractivity contribution in [2.75, 3.05) is 0 Å². The van der Waals surface area contributed by atoms with Gasteiger partial charge in [-0.15, -0.1) is 10.2 Å². The van der Waals surface area contributed by atoms with Gasteiger partial charge in [0.1, 0.15) is 18.2 Å². The predicted molar refractivity (Wildman–Crippen MR) is 166 cm³/mol. The standard InChI is InChI=1S/C33H53N5O5/c1-33(2,3)43-32(41)28(24-25-31(40)42-26-27-20-16-15-17-21-27)34-30(39)23-19-14-12-10-8-6-4-5-7-9-11-13-18-22-29-35-37-38-36-29/h15-17,20-21,28H,4-14,18-19,22-26H2,1-3H3,(H,34,39)(H,35,36,37,38). The van der Waals surface area contributed by atoms with Crippen LogP contribution in [0.15, 0.2) is 30.3 Å². The van der Waals surface area contributed by atoms with Crippen molar-refractivity contribution in [3.8, 4) is 0 Å². The lowest BCUT2D eigenvalue weighted by Gasteiger charge is -2.24. The Morgan fingerprint density at radius 3 is 1.95 bits per heavy atom. The van der Waals surface area contributed by atoms with Crippen LogP contribution in [0.2, 0.25) is 0 Å². The fourth-order valence-electron chi connectivity index (χ4n) is 4.76. The molecule has 1 unspecified atom stereocenters. The molecule has 1 aromatic heterocycles. The molecule has 2 N–H and O–H groups in total. The van der Waals surface area contributed by atoms with Crippen molar-refractivity contribution in [1.82, 2.24) is 25.9 Å². The van der Waals surface area contributed by atoms with Gasteiger partial charge in [0.2, 0.25) is 5.91 Å². The van der Waals surface area contributed by atoms with E-state index in [0.29, 0.717) is 6.42 Å². The zero-order valence-corrected chi connectivity index (χ0v) is 26.6. The molecule has 43 heavy (non-hydrogen) atoms. The first kappa shape index (κ1) is 35.9. The Bertz CT molecular complexity index is 1020. The number of hydrogen-bond acceptors (Lipinski definition) is 8. The second-order valence-corrected chi connectivity index (χ2v) is 12.3. The maximum Gasteiger partial charge on any atom is 0.329 e. The van der Waals surface area contributed by atoms with Gasteiger partial charge in [0.25, 0.3) is 0 Å². The number of amides is 1. The van der Waals surface area contributed by atoms with Crippen molar-refractivity contribution < 1.29 is 23.9 Å². The van der Waals surface area contributed by atoms with Crippen molar-refractivity contribution >= 4 is 17.8 Å². The molecule has 1 amide bonds. The van der Waals surface area contributed by atoms with Crippen LogP contribution in [-0.2, 0) is 36.9 Å². The van der Waals surface area contributed by atoms with Crippen LogP contribution in [0, 0.1) is 0 Å². The first-order valence-electron chi connectivity index (χ1n) is 16.2. The molecule has 0 aliphatic rings. The van der Waals surface area contributed by atoms with Gasteiger partial charge in [-0.05, 0) is 45.6 Å². The summed E-state index contributed by atoms with van der Waals surface area (Å²) in [5, 5.41) is 16.8. The number of hydrogen-bond donors (Lipinski definition) is 2. The van der Waals surface area contributed by atoms with Crippen molar-refractivity contribution in [2.45, 2.75) is 148 Å². The Morgan fingerprint density at radius 2 is 1.40 bits per heavy atom. The average Bonchev–Trinajstić information content (AvgIpc) is 3.49. The molecule has 1 heterocycles. The van der Waals surface area contributed by atoms with Gasteiger partial charge >= 0.3 is 11.9 Å². The molecule has 10 nitrogen and oxygen atoms in total. The fraction of sp³-hybridized carbons (Fsp3) is 0.697. The molecular weight excluding hydrogens is 546 g/mol. The molecule has 1 aromatic carbocycles. The van der Waals surface area contributed by atoms with E-state index >= 15 is 0 Å². The van der Waals surface area contributed by atoms with E-state index in [-0.39, 0.29) is 25.4 Å². The Hall–Kier alpha value is -3.30. The fourth-order valence-corrected chi connectivity index (χ4v) is 4.76. The quantitative estimate of drug-likeness (QED) is 0.108. The minimum atomic E-state index is -0.882. The number of nitrogens with one attached hydrogen (secondary N) is 2. The van der Waals surface area contributed by atoms with Gasteiger partial charge in [-0.25, -0.2) is 4.79 Å². The van der Waals surface area contributed by atoms with Gasteiger partial charge in [-0.2, -0.15) is 5.21 Å². The molecule has 0 bridgehead atoms. The number of esters is 2. The van der Waals surface area contributed by atoms with E-state index in [1.807, 2.05) is 30.3 Å². The summed E-state index contributed by atoms with van der Waals surface area (Å²) in [6, 6.07) is 8.53. The lowest BCUT2D eigenvalue weighted by Crippen LogP contribution is -2.44. The van der Waals surface area contributed by atoms with E-state index in [4.69, 9.17) is 9.47 Å². The van der Waals surface area contributed by atoms with Crippen LogP contribution in [0.25, 0.3) is 0 Å². The van der Waals surface area contributed by atoms with Crippen LogP contribution in [0.5, 0.6) is 0 Å². The lowest BCUT2D eigenvalue weighted by molar-refractivity contribution is -0.159. The van der Waals surface area contributed by atoms with Crippen LogP contribution in [0.4, 0.5) is 0 Å². The molecule has 0 saturated heterocycles. The van der Waals surface area contributed by atoms with E-state index in [9.17, 15) is 14.4 Å². The number of aryl methyl sites for hydroxylation is 1. The largest absolute Gasteiger partial charge is 0.461 e. The minimum Gasteiger partial charge on any atom is -0.461 e. The molecule has 0 fully saturated rings. The van der Waals surface area contributed by atoms with Gasteiger partial charge in [-0.3, -0.25) is 9.59 Å². The highest BCUT2D eigenvalue weighted by Gasteiger charge is 2.27. The number of aromatic nitrogens is 4. The Balaban J connectivity index is 1.51. The molecule has 2 aromatic rings. The third-order valence-corrected chi connectivity index (χ3v) is 7.10. The van der Waals surface area contributed by atoms with Crippen LogP contribution in [-0.4, -0.2) is 50.1 Å². The van der Waals surface area contributed by atoms with E-state index in [1.165, 1.54) is 57.8 Å². The first-order chi connectivity index (χ1) is 20.7. The summed E-state index contributed by atoms with van der Waals surface area (Å²) in [6.45, 7) is 5.51. The summed E-state index contributed by atoms with van der Waals surface area (Å²) in [5.41, 5.74) is 0.204. The molecule has 0 radical (unpaired) electrons. The molecule has 0 aliphatic carbocycles. The number of aromatic amines is 1. The Morgan fingerprint density at radius 1 is 0.814 bits per heavy atom. The molecule has 240 valence electrons. The number of nitrogens with zero attached hydrogens (tertiary/aromatic N) is 3. The summed E-state index contributed by atoms with van der Waals surface area (Å²) in [7, 11) is 0. The number of tetrazole rings is 1. The van der Waals surface area contributed by atoms with Gasteiger partial charge in [0.15, 0.2) is 5.82 Å². The second kappa shape index (κ2) is 21.4. The number of carbonyl (C=O) groups is 3. The van der Waals surface area contributed by atoms with Gasteiger partial charge in [-0.1, -0.05) is 106 Å². The number of H-pyrrole nitrogens is 1. The van der Waals surface area contributed by atoms with Crippen LogP contribution >= 0.6 is 0 Å². The smallest absolute Gasteiger partial charge is 0.329 e. The van der Waals surface area contributed by atoms with Gasteiger partial charge < -0.3 is 14.8 Å². The number of ether oxygens (including phenoxy) is 2. The molecular formula is C33H53N5O5. The number of carbonyl (C=O) groups excluding carboxylic acids is 3. The summed E-state index contributed by atoms with van der Waals surface area (Å²) in [6.07, 6.45) is 16.8. The number of unbranched alkanes of at least 4 members (excludes halogenated alkanes) is 12. The minimum absolute atomic E-state index is 0.0135. The van der Waals surface area contributed by atoms with E-state index in [2.05, 4.69) is 25.9 Å². The van der Waals surface area contributed by atoms with E-state index in [1.54, 1.807) is 20.8 Å². The van der Waals surface area contributed by atoms with Gasteiger partial charge in [0, 0.05) is 19.3 Å². The van der Waals surface area contributed by atoms with E-state index < -0.39 is 23.6 Å². The van der Waals surface area contributed by atoms with Crippen molar-refractivity contribution in [3.63, 3.8) is 0 Å². The zero-order chi connectivity index (χ0) is 31.2. The highest BCUT2D eigenvalue weighted by Crippen LogP contribution is 2.15. The van der Waals surface area contributed by atoms with E-state index in [0.717, 1.165) is 43.5 Å². The monoisotopic (exact) mass is 599 g/mol. The Labute approximate surface area is 257 Å². The number of rotatable bonds is 23. The van der Waals surface area contributed by atoms with Crippen LogP contribution < -0.4 is 5.32 Å². The first-order valence-corrected chi connectivity index (χ1v) is 16.2. The summed E-state index contributed by atoms with van der Waals surface area (Å²) in [5.74, 6) is -0.332. The average molecular weight is 600 g/mol. The normalized spacial score (nSPS) is 12.1. The third kappa shape index (κ3) is 18.8. The maximum absolute atomic E-state index is 12.7. The molecule has 1 atom stereocenters. The lowest BCUT2D eigenvalue weighted by atomic mass is 10.0. The highest BCUT2D eigenvalue weighted by atomic mass is 16.6. The molecule has 2 rings (SSSR count). The SMILES string of the molecule is CC(C)(C)OC(=O)C(CCC(=O)OCc1ccccc1)NC(=O)CCCCCCCCCCCCCCCc1nn[nH]n1. The van der Waals surface area contributed by atoms with Crippen LogP contribution in [0.3, 0.4) is 0 Å². The molecule has 0 spiro atoms.